The van der Waals surface area contributed by atoms with Crippen LogP contribution in [0, 0.1) is 0 Å². The molecule has 0 aliphatic heterocycles. The maximum Gasteiger partial charge on any atom is 0.371 e. The molecule has 92 valence electrons. The lowest BCUT2D eigenvalue weighted by Gasteiger charge is -1.98. The van der Waals surface area contributed by atoms with Crippen molar-refractivity contribution in [3.63, 3.8) is 0 Å². The van der Waals surface area contributed by atoms with Crippen molar-refractivity contribution in [1.29, 1.82) is 0 Å². The Balaban J connectivity index is 2.23. The smallest absolute Gasteiger partial charge is 0.371 e. The zero-order valence-corrected chi connectivity index (χ0v) is 10.2. The molecule has 4 heteroatoms. The van der Waals surface area contributed by atoms with E-state index in [1.54, 1.807) is 6.07 Å². The number of allylic oxidation sites excluding steroid dienone is 1. The number of carboxylic acid groups (broad SMARTS) is 1. The Hall–Kier alpha value is -2.00. The lowest BCUT2D eigenvalue weighted by molar-refractivity contribution is 0.0663. The fourth-order valence-electron chi connectivity index (χ4n) is 1.55. The van der Waals surface area contributed by atoms with Gasteiger partial charge in [0.25, 0.3) is 0 Å². The highest BCUT2D eigenvalue weighted by Gasteiger charge is 2.09. The molecule has 0 radical (unpaired) electrons. The Morgan fingerprint density at radius 2 is 1.94 bits per heavy atom. The van der Waals surface area contributed by atoms with E-state index in [1.807, 2.05) is 36.4 Å². The van der Waals surface area contributed by atoms with Gasteiger partial charge in [-0.15, -0.1) is 11.6 Å². The molecule has 2 rings (SSSR count). The minimum absolute atomic E-state index is 0.0592. The molecule has 0 amide bonds. The van der Waals surface area contributed by atoms with E-state index in [0.717, 1.165) is 11.1 Å². The number of benzene rings is 1. The summed E-state index contributed by atoms with van der Waals surface area (Å²) >= 11 is 5.55. The summed E-state index contributed by atoms with van der Waals surface area (Å²) in [5.74, 6) is -0.110. The summed E-state index contributed by atoms with van der Waals surface area (Å²) in [7, 11) is 0. The predicted molar refractivity (Wildman–Crippen MR) is 70.9 cm³/mol. The van der Waals surface area contributed by atoms with E-state index in [-0.39, 0.29) is 5.76 Å². The van der Waals surface area contributed by atoms with E-state index in [4.69, 9.17) is 21.1 Å². The fraction of sp³-hybridized carbons (Fsp3) is 0.0714. The largest absolute Gasteiger partial charge is 0.475 e. The topological polar surface area (TPSA) is 50.4 Å². The van der Waals surface area contributed by atoms with Crippen LogP contribution in [-0.2, 0) is 0 Å². The Bertz CT molecular complexity index is 567. The van der Waals surface area contributed by atoms with Gasteiger partial charge >= 0.3 is 5.97 Å². The summed E-state index contributed by atoms with van der Waals surface area (Å²) in [6.07, 6.45) is 3.77. The molecule has 0 atom stereocenters. The molecule has 0 saturated heterocycles. The highest BCUT2D eigenvalue weighted by Crippen LogP contribution is 2.22. The Kier molecular flexibility index (Phi) is 3.85. The van der Waals surface area contributed by atoms with Crippen molar-refractivity contribution in [1.82, 2.24) is 0 Å². The summed E-state index contributed by atoms with van der Waals surface area (Å²) in [6, 6.07) is 10.7. The molecule has 1 heterocycles. The van der Waals surface area contributed by atoms with Crippen molar-refractivity contribution in [2.75, 3.05) is 5.88 Å². The van der Waals surface area contributed by atoms with Gasteiger partial charge in [0, 0.05) is 11.4 Å². The molecule has 0 unspecified atom stereocenters. The normalized spacial score (nSPS) is 10.9. The third kappa shape index (κ3) is 2.81. The number of carbonyl (C=O) groups is 1. The van der Waals surface area contributed by atoms with Crippen molar-refractivity contribution in [3.05, 3.63) is 53.8 Å². The van der Waals surface area contributed by atoms with Crippen LogP contribution in [0.5, 0.6) is 0 Å². The summed E-state index contributed by atoms with van der Waals surface area (Å²) in [4.78, 5) is 10.7. The van der Waals surface area contributed by atoms with E-state index in [9.17, 15) is 4.79 Å². The number of furan rings is 1. The number of aromatic carboxylic acids is 1. The summed E-state index contributed by atoms with van der Waals surface area (Å²) in [6.45, 7) is 0. The average molecular weight is 263 g/mol. The number of carboxylic acids is 1. The van der Waals surface area contributed by atoms with Gasteiger partial charge in [0.1, 0.15) is 5.76 Å². The van der Waals surface area contributed by atoms with Crippen LogP contribution in [0.25, 0.3) is 17.4 Å². The third-order valence-electron chi connectivity index (χ3n) is 2.41. The number of hydrogen-bond acceptors (Lipinski definition) is 2. The maximum atomic E-state index is 10.7. The second-order valence-corrected chi connectivity index (χ2v) is 3.96. The van der Waals surface area contributed by atoms with Gasteiger partial charge in [0.05, 0.1) is 0 Å². The van der Waals surface area contributed by atoms with Crippen LogP contribution in [0.3, 0.4) is 0 Å². The van der Waals surface area contributed by atoms with Crippen LogP contribution in [0.2, 0.25) is 0 Å². The zero-order valence-electron chi connectivity index (χ0n) is 9.47. The SMILES string of the molecule is O=C(O)c1ccc(-c2ccc(C=CCCl)cc2)o1. The molecule has 0 fully saturated rings. The van der Waals surface area contributed by atoms with E-state index in [2.05, 4.69) is 0 Å². The molecule has 2 aromatic rings. The highest BCUT2D eigenvalue weighted by atomic mass is 35.5. The van der Waals surface area contributed by atoms with Crippen LogP contribution in [0.15, 0.2) is 46.9 Å². The standard InChI is InChI=1S/C14H11ClO3/c15-9-1-2-10-3-5-11(6-4-10)12-7-8-13(18-12)14(16)17/h1-8H,9H2,(H,16,17). The van der Waals surface area contributed by atoms with Crippen molar-refractivity contribution in [2.24, 2.45) is 0 Å². The molecule has 0 aliphatic carbocycles. The van der Waals surface area contributed by atoms with Crippen LogP contribution >= 0.6 is 11.6 Å². The van der Waals surface area contributed by atoms with Gasteiger partial charge < -0.3 is 9.52 Å². The lowest BCUT2D eigenvalue weighted by atomic mass is 10.1. The molecule has 18 heavy (non-hydrogen) atoms. The average Bonchev–Trinajstić information content (AvgIpc) is 2.87. The number of rotatable bonds is 4. The predicted octanol–water partition coefficient (Wildman–Crippen LogP) is 3.90. The van der Waals surface area contributed by atoms with E-state index in [1.165, 1.54) is 6.07 Å². The molecule has 1 aromatic carbocycles. The number of alkyl halides is 1. The van der Waals surface area contributed by atoms with Crippen LogP contribution in [0.1, 0.15) is 16.1 Å². The first-order valence-corrected chi connectivity index (χ1v) is 5.90. The van der Waals surface area contributed by atoms with Gasteiger partial charge in [-0.3, -0.25) is 0 Å². The molecule has 0 aliphatic rings. The monoisotopic (exact) mass is 262 g/mol. The van der Waals surface area contributed by atoms with Crippen LogP contribution in [-0.4, -0.2) is 17.0 Å². The molecule has 1 N–H and O–H groups in total. The molecular weight excluding hydrogens is 252 g/mol. The molecular formula is C14H11ClO3. The number of hydrogen-bond donors (Lipinski definition) is 1. The maximum absolute atomic E-state index is 10.7. The van der Waals surface area contributed by atoms with Crippen molar-refractivity contribution in [3.8, 4) is 11.3 Å². The Labute approximate surface area is 109 Å². The first kappa shape index (κ1) is 12.5. The second kappa shape index (κ2) is 5.56. The van der Waals surface area contributed by atoms with Crippen LogP contribution < -0.4 is 0 Å². The van der Waals surface area contributed by atoms with Crippen molar-refractivity contribution < 1.29 is 14.3 Å². The van der Waals surface area contributed by atoms with Gasteiger partial charge in [-0.05, 0) is 17.7 Å². The fourth-order valence-corrected chi connectivity index (χ4v) is 1.64. The number of halogens is 1. The van der Waals surface area contributed by atoms with Gasteiger partial charge in [-0.25, -0.2) is 4.79 Å². The van der Waals surface area contributed by atoms with E-state index in [0.29, 0.717) is 11.6 Å². The van der Waals surface area contributed by atoms with Gasteiger partial charge in [-0.2, -0.15) is 0 Å². The van der Waals surface area contributed by atoms with Crippen LogP contribution in [0.4, 0.5) is 0 Å². The quantitative estimate of drug-likeness (QED) is 0.850. The first-order chi connectivity index (χ1) is 8.70. The third-order valence-corrected chi connectivity index (χ3v) is 2.59. The molecule has 1 aromatic heterocycles. The molecule has 0 saturated carbocycles. The second-order valence-electron chi connectivity index (χ2n) is 3.65. The van der Waals surface area contributed by atoms with Gasteiger partial charge in [0.2, 0.25) is 5.76 Å². The summed E-state index contributed by atoms with van der Waals surface area (Å²) in [5, 5.41) is 8.77. The van der Waals surface area contributed by atoms with Gasteiger partial charge in [-0.1, -0.05) is 36.4 Å². The highest BCUT2D eigenvalue weighted by molar-refractivity contribution is 6.19. The minimum atomic E-state index is -1.07. The lowest BCUT2D eigenvalue weighted by Crippen LogP contribution is -1.91. The first-order valence-electron chi connectivity index (χ1n) is 5.37. The van der Waals surface area contributed by atoms with Gasteiger partial charge in [0.15, 0.2) is 0 Å². The summed E-state index contributed by atoms with van der Waals surface area (Å²) in [5.41, 5.74) is 1.87. The molecule has 0 bridgehead atoms. The molecule has 3 nitrogen and oxygen atoms in total. The minimum Gasteiger partial charge on any atom is -0.475 e. The van der Waals surface area contributed by atoms with Crippen molar-refractivity contribution >= 4 is 23.6 Å². The Morgan fingerprint density at radius 3 is 2.50 bits per heavy atom. The Morgan fingerprint density at radius 1 is 1.22 bits per heavy atom. The molecule has 0 spiro atoms. The van der Waals surface area contributed by atoms with Crippen molar-refractivity contribution in [2.45, 2.75) is 0 Å². The van der Waals surface area contributed by atoms with E-state index >= 15 is 0 Å². The zero-order chi connectivity index (χ0) is 13.0. The summed E-state index contributed by atoms with van der Waals surface area (Å²) < 4.78 is 5.21. The van der Waals surface area contributed by atoms with E-state index < -0.39 is 5.97 Å².